The van der Waals surface area contributed by atoms with Crippen molar-refractivity contribution in [2.24, 2.45) is 0 Å². The topological polar surface area (TPSA) is 136 Å². The number of fused-ring (bicyclic) bond motifs is 1. The molecule has 0 fully saturated rings. The third kappa shape index (κ3) is 5.99. The number of pyridine rings is 1. The van der Waals surface area contributed by atoms with Crippen LogP contribution in [0.1, 0.15) is 42.1 Å². The molecule has 0 saturated carbocycles. The van der Waals surface area contributed by atoms with Crippen LogP contribution >= 0.6 is 11.6 Å². The van der Waals surface area contributed by atoms with Crippen molar-refractivity contribution in [1.29, 1.82) is 0 Å². The molecule has 16 heteroatoms. The second-order valence-corrected chi connectivity index (χ2v) is 11.4. The fourth-order valence-corrected chi connectivity index (χ4v) is 6.04. The first-order chi connectivity index (χ1) is 18.8. The van der Waals surface area contributed by atoms with E-state index in [1.807, 2.05) is 0 Å². The van der Waals surface area contributed by atoms with Crippen LogP contribution in [0.25, 0.3) is 0 Å². The van der Waals surface area contributed by atoms with Crippen LogP contribution in [0.4, 0.5) is 29.3 Å². The van der Waals surface area contributed by atoms with Crippen LogP contribution in [0, 0.1) is 12.7 Å². The Morgan fingerprint density at radius 1 is 1.25 bits per heavy atom. The molecule has 2 N–H and O–H groups in total. The Hall–Kier alpha value is -3.85. The summed E-state index contributed by atoms with van der Waals surface area (Å²) < 4.78 is 74.5. The van der Waals surface area contributed by atoms with Gasteiger partial charge in [0.15, 0.2) is 0 Å². The first-order valence-electron chi connectivity index (χ1n) is 11.9. The second kappa shape index (κ2) is 11.3. The molecular formula is C24H24ClF3N6O5S. The fourth-order valence-electron chi connectivity index (χ4n) is 4.10. The lowest BCUT2D eigenvalue weighted by atomic mass is 10.0. The van der Waals surface area contributed by atoms with E-state index in [1.165, 1.54) is 31.3 Å². The minimum absolute atomic E-state index is 0.00824. The van der Waals surface area contributed by atoms with Gasteiger partial charge < -0.3 is 15.4 Å². The number of carbonyl (C=O) groups is 2. The molecule has 2 aromatic heterocycles. The lowest BCUT2D eigenvalue weighted by molar-refractivity contribution is 0.0561. The van der Waals surface area contributed by atoms with Gasteiger partial charge in [0, 0.05) is 6.42 Å². The number of ether oxygens (including phenoxy) is 1. The molecule has 1 atom stereocenters. The summed E-state index contributed by atoms with van der Waals surface area (Å²) in [5, 5.41) is 8.48. The number of hydrogen-bond acceptors (Lipinski definition) is 7. The summed E-state index contributed by atoms with van der Waals surface area (Å²) >= 11 is 5.97. The normalized spacial score (nSPS) is 15.2. The molecule has 3 aromatic rings. The molecule has 0 radical (unpaired) electrons. The van der Waals surface area contributed by atoms with E-state index in [9.17, 15) is 31.2 Å². The maximum Gasteiger partial charge on any atom is 0.407 e. The number of nitrogens with one attached hydrogen (secondary N) is 2. The maximum atomic E-state index is 14.3. The van der Waals surface area contributed by atoms with Gasteiger partial charge in [-0.15, -0.1) is 0 Å². The Morgan fingerprint density at radius 2 is 1.98 bits per heavy atom. The molecule has 1 aliphatic rings. The molecule has 0 unspecified atom stereocenters. The average molecular weight is 601 g/mol. The molecule has 0 saturated heterocycles. The van der Waals surface area contributed by atoms with Gasteiger partial charge in [-0.05, 0) is 39.0 Å². The number of nitrogens with zero attached hydrogens (tertiary/aromatic N) is 4. The third-order valence-electron chi connectivity index (χ3n) is 5.79. The number of halogens is 4. The molecule has 2 amide bonds. The highest BCUT2D eigenvalue weighted by atomic mass is 35.5. The van der Waals surface area contributed by atoms with E-state index in [0.29, 0.717) is 6.20 Å². The molecule has 1 aromatic carbocycles. The van der Waals surface area contributed by atoms with E-state index in [2.05, 4.69) is 20.7 Å². The van der Waals surface area contributed by atoms with Crippen molar-refractivity contribution in [3.63, 3.8) is 0 Å². The van der Waals surface area contributed by atoms with Crippen LogP contribution < -0.4 is 14.9 Å². The van der Waals surface area contributed by atoms with Crippen LogP contribution in [0.3, 0.4) is 0 Å². The van der Waals surface area contributed by atoms with Gasteiger partial charge in [0.1, 0.15) is 10.7 Å². The van der Waals surface area contributed by atoms with Crippen LogP contribution in [0.5, 0.6) is 0 Å². The molecule has 40 heavy (non-hydrogen) atoms. The summed E-state index contributed by atoms with van der Waals surface area (Å²) in [4.78, 5) is 28.8. The summed E-state index contributed by atoms with van der Waals surface area (Å²) in [7, 11) is -4.53. The minimum Gasteiger partial charge on any atom is -0.447 e. The number of aryl methyl sites for hydroxylation is 1. The fraction of sp³-hybridized carbons (Fsp3) is 0.333. The third-order valence-corrected chi connectivity index (χ3v) is 7.99. The zero-order valence-corrected chi connectivity index (χ0v) is 22.9. The van der Waals surface area contributed by atoms with Crippen LogP contribution in [0.2, 0.25) is 5.02 Å². The summed E-state index contributed by atoms with van der Waals surface area (Å²) in [5.41, 5.74) is -0.367. The van der Waals surface area contributed by atoms with Gasteiger partial charge in [-0.3, -0.25) is 14.1 Å². The van der Waals surface area contributed by atoms with Gasteiger partial charge >= 0.3 is 12.6 Å². The molecule has 11 nitrogen and oxygen atoms in total. The van der Waals surface area contributed by atoms with Crippen LogP contribution in [0.15, 0.2) is 41.6 Å². The quantitative estimate of drug-likeness (QED) is 0.413. The predicted octanol–water partition coefficient (Wildman–Crippen LogP) is 4.28. The first-order valence-corrected chi connectivity index (χ1v) is 13.7. The molecular weight excluding hydrogens is 577 g/mol. The van der Waals surface area contributed by atoms with E-state index < -0.39 is 57.0 Å². The largest absolute Gasteiger partial charge is 0.447 e. The molecule has 1 aliphatic heterocycles. The Morgan fingerprint density at radius 3 is 2.60 bits per heavy atom. The van der Waals surface area contributed by atoms with Crippen molar-refractivity contribution in [2.75, 3.05) is 16.2 Å². The van der Waals surface area contributed by atoms with Crippen molar-refractivity contribution in [1.82, 2.24) is 20.1 Å². The van der Waals surface area contributed by atoms with E-state index >= 15 is 0 Å². The number of hydrogen-bond donors (Lipinski definition) is 2. The van der Waals surface area contributed by atoms with Crippen molar-refractivity contribution >= 4 is 45.0 Å². The van der Waals surface area contributed by atoms with Gasteiger partial charge in [-0.2, -0.15) is 13.9 Å². The minimum atomic E-state index is -4.53. The van der Waals surface area contributed by atoms with Gasteiger partial charge in [-0.25, -0.2) is 22.3 Å². The van der Waals surface area contributed by atoms with E-state index in [0.717, 1.165) is 10.4 Å². The zero-order chi connectivity index (χ0) is 29.4. The smallest absolute Gasteiger partial charge is 0.407 e. The number of carbonyl (C=O) groups excluding carboxylic acids is 2. The number of benzene rings is 1. The highest BCUT2D eigenvalue weighted by Gasteiger charge is 2.37. The Kier molecular flexibility index (Phi) is 8.25. The lowest BCUT2D eigenvalue weighted by Crippen LogP contribution is -2.50. The zero-order valence-electron chi connectivity index (χ0n) is 21.4. The number of amides is 2. The van der Waals surface area contributed by atoms with Crippen molar-refractivity contribution in [3.8, 4) is 0 Å². The summed E-state index contributed by atoms with van der Waals surface area (Å²) in [6.07, 6.45) is 0.791. The maximum absolute atomic E-state index is 14.3. The van der Waals surface area contributed by atoms with Crippen molar-refractivity contribution in [2.45, 2.75) is 50.8 Å². The van der Waals surface area contributed by atoms with Crippen molar-refractivity contribution in [3.05, 3.63) is 64.5 Å². The number of alkyl halides is 2. The van der Waals surface area contributed by atoms with Crippen molar-refractivity contribution < 1.29 is 35.9 Å². The molecule has 214 valence electrons. The highest BCUT2D eigenvalue weighted by Crippen LogP contribution is 2.34. The molecule has 0 bridgehead atoms. The number of rotatable bonds is 7. The predicted molar refractivity (Wildman–Crippen MR) is 139 cm³/mol. The van der Waals surface area contributed by atoms with Gasteiger partial charge in [0.05, 0.1) is 64.4 Å². The molecule has 3 heterocycles. The molecule has 0 spiro atoms. The number of sulfonamides is 1. The van der Waals surface area contributed by atoms with E-state index in [1.54, 1.807) is 13.8 Å². The molecule has 4 rings (SSSR count). The van der Waals surface area contributed by atoms with E-state index in [-0.39, 0.29) is 45.4 Å². The lowest BCUT2D eigenvalue weighted by Gasteiger charge is -2.35. The summed E-state index contributed by atoms with van der Waals surface area (Å²) in [6.45, 7) is 1.15. The van der Waals surface area contributed by atoms with Gasteiger partial charge in [0.25, 0.3) is 15.9 Å². The number of alkyl carbamates (subject to hydrolysis) is 1. The number of aromatic nitrogens is 3. The Bertz CT molecular complexity index is 1550. The summed E-state index contributed by atoms with van der Waals surface area (Å²) in [5.74, 6) is -1.77. The monoisotopic (exact) mass is 600 g/mol. The molecule has 0 aliphatic carbocycles. The van der Waals surface area contributed by atoms with Crippen LogP contribution in [-0.2, 0) is 21.2 Å². The second-order valence-electron chi connectivity index (χ2n) is 9.11. The Balaban J connectivity index is 1.74. The van der Waals surface area contributed by atoms with Gasteiger partial charge in [-0.1, -0.05) is 17.7 Å². The standard InChI is InChI=1S/C24H24ClF3N6O5S/c1-12(2)39-24(36)31-15-7-18-19(34(10-15)40(37,38)20-11-33(23(27)28)32-13(20)3)8-14(9-29-18)30-22(35)21-16(25)5-4-6-17(21)26/h4-6,8-9,11-12,15,23H,7,10H2,1-3H3,(H,30,35)(H,31,36)/t15-/m0/s1. The van der Waals surface area contributed by atoms with Gasteiger partial charge in [0.2, 0.25) is 0 Å². The SMILES string of the molecule is Cc1nn(C(F)F)cc1S(=O)(=O)N1C[C@@H](NC(=O)OC(C)C)Cc2ncc(NC(=O)c3c(F)cccc3Cl)cc21. The average Bonchev–Trinajstić information content (AvgIpc) is 3.26. The van der Waals surface area contributed by atoms with Crippen LogP contribution in [-0.4, -0.2) is 53.9 Å². The van der Waals surface area contributed by atoms with E-state index in [4.69, 9.17) is 16.3 Å². The Labute approximate surface area is 232 Å². The summed E-state index contributed by atoms with van der Waals surface area (Å²) in [6, 6.07) is 4.21. The highest BCUT2D eigenvalue weighted by molar-refractivity contribution is 7.92. The number of anilines is 2. The first kappa shape index (κ1) is 29.1.